The number of carbonyl (C=O) groups is 2. The van der Waals surface area contributed by atoms with Crippen LogP contribution in [-0.4, -0.2) is 47.8 Å². The van der Waals surface area contributed by atoms with Crippen molar-refractivity contribution in [3.63, 3.8) is 0 Å². The molecule has 0 spiro atoms. The van der Waals surface area contributed by atoms with Gasteiger partial charge >= 0.3 is 0 Å². The van der Waals surface area contributed by atoms with Gasteiger partial charge in [-0.25, -0.2) is 9.67 Å². The van der Waals surface area contributed by atoms with Gasteiger partial charge in [0.15, 0.2) is 11.5 Å². The Balaban J connectivity index is 1.80. The molecule has 0 aliphatic carbocycles. The van der Waals surface area contributed by atoms with Gasteiger partial charge in [0.05, 0.1) is 25.0 Å². The number of fused-ring (bicyclic) bond motifs is 1. The van der Waals surface area contributed by atoms with E-state index in [1.807, 2.05) is 20.8 Å². The van der Waals surface area contributed by atoms with Gasteiger partial charge in [-0.3, -0.25) is 9.59 Å². The monoisotopic (exact) mass is 356 g/mol. The number of aliphatic hydroxyl groups is 1. The highest BCUT2D eigenvalue weighted by Crippen LogP contribution is 2.21. The Kier molecular flexibility index (Phi) is 4.56. The molecular weight excluding hydrogens is 336 g/mol. The minimum Gasteiger partial charge on any atom is -0.394 e. The number of aliphatic hydroxyl groups excluding tert-OH is 1. The fraction of sp³-hybridized carbons (Fsp3) is 0.353. The van der Waals surface area contributed by atoms with Crippen LogP contribution in [0.15, 0.2) is 30.7 Å². The van der Waals surface area contributed by atoms with Crippen LogP contribution >= 0.6 is 0 Å². The summed E-state index contributed by atoms with van der Waals surface area (Å²) in [6.45, 7) is 5.71. The Bertz CT molecular complexity index is 966. The van der Waals surface area contributed by atoms with Crippen molar-refractivity contribution in [2.24, 2.45) is 5.41 Å². The minimum atomic E-state index is -0.518. The summed E-state index contributed by atoms with van der Waals surface area (Å²) in [6.07, 6.45) is 4.79. The van der Waals surface area contributed by atoms with Gasteiger partial charge in [-0.1, -0.05) is 26.0 Å². The number of anilines is 1. The highest BCUT2D eigenvalue weighted by atomic mass is 16.3. The number of nitrogens with one attached hydrogen (secondary N) is 1. The molecule has 0 atom stereocenters. The lowest BCUT2D eigenvalue weighted by atomic mass is 9.89. The molecule has 0 unspecified atom stereocenters. The van der Waals surface area contributed by atoms with Crippen LogP contribution in [0.4, 0.5) is 5.69 Å². The number of rotatable bonds is 5. The second-order valence-corrected chi connectivity index (χ2v) is 6.93. The van der Waals surface area contributed by atoms with Crippen LogP contribution < -0.4 is 5.32 Å². The quantitative estimate of drug-likeness (QED) is 0.668. The van der Waals surface area contributed by atoms with E-state index in [4.69, 9.17) is 5.11 Å². The molecule has 1 amide bonds. The number of hydrogen-bond acceptors (Lipinski definition) is 6. The predicted octanol–water partition coefficient (Wildman–Crippen LogP) is 1.40. The van der Waals surface area contributed by atoms with Gasteiger partial charge in [-0.2, -0.15) is 0 Å². The molecule has 2 N–H and O–H groups in total. The Morgan fingerprint density at radius 2 is 1.92 bits per heavy atom. The summed E-state index contributed by atoms with van der Waals surface area (Å²) < 4.78 is 3.08. The fourth-order valence-electron chi connectivity index (χ4n) is 2.37. The number of imidazole rings is 1. The molecular formula is C17H20N6O3. The van der Waals surface area contributed by atoms with Gasteiger partial charge in [0.1, 0.15) is 11.3 Å². The zero-order valence-electron chi connectivity index (χ0n) is 14.8. The van der Waals surface area contributed by atoms with Crippen LogP contribution in [-0.2, 0) is 6.54 Å². The number of pyridine rings is 1. The number of aromatic nitrogens is 5. The Morgan fingerprint density at radius 1 is 1.15 bits per heavy atom. The molecule has 0 aliphatic heterocycles. The standard InChI is InChI=1S/C17H20N6O3/c1-17(2,3)15(25)12-9-22-8-11(4-5-14(22)19-12)18-16(26)13-10-23(6-7-24)21-20-13/h4-5,8-10,24H,6-7H2,1-3H3,(H,18,26). The maximum Gasteiger partial charge on any atom is 0.277 e. The van der Waals surface area contributed by atoms with Crippen LogP contribution in [0.25, 0.3) is 5.65 Å². The molecule has 0 saturated heterocycles. The van der Waals surface area contributed by atoms with Crippen LogP contribution in [0, 0.1) is 5.41 Å². The lowest BCUT2D eigenvalue weighted by Gasteiger charge is -2.13. The van der Waals surface area contributed by atoms with E-state index in [1.54, 1.807) is 28.9 Å². The Labute approximate surface area is 149 Å². The second kappa shape index (κ2) is 6.68. The van der Waals surface area contributed by atoms with Crippen LogP contribution in [0.1, 0.15) is 41.7 Å². The number of Topliss-reactive ketones (excluding diaryl/α,β-unsaturated/α-hetero) is 1. The number of ketones is 1. The summed E-state index contributed by atoms with van der Waals surface area (Å²) in [6, 6.07) is 3.42. The predicted molar refractivity (Wildman–Crippen MR) is 94.0 cm³/mol. The maximum absolute atomic E-state index is 12.4. The van der Waals surface area contributed by atoms with Crippen molar-refractivity contribution in [1.29, 1.82) is 0 Å². The molecule has 0 aromatic carbocycles. The Hall–Kier alpha value is -3.07. The molecule has 0 saturated carbocycles. The number of amides is 1. The van der Waals surface area contributed by atoms with E-state index in [1.165, 1.54) is 10.9 Å². The van der Waals surface area contributed by atoms with E-state index in [0.29, 0.717) is 17.0 Å². The first-order chi connectivity index (χ1) is 12.3. The van der Waals surface area contributed by atoms with Crippen molar-refractivity contribution in [3.05, 3.63) is 42.1 Å². The third kappa shape index (κ3) is 3.62. The molecule has 26 heavy (non-hydrogen) atoms. The average molecular weight is 356 g/mol. The first kappa shape index (κ1) is 17.7. The zero-order chi connectivity index (χ0) is 18.9. The van der Waals surface area contributed by atoms with Gasteiger partial charge in [0.25, 0.3) is 5.91 Å². The van der Waals surface area contributed by atoms with Crippen molar-refractivity contribution < 1.29 is 14.7 Å². The third-order valence-corrected chi connectivity index (χ3v) is 3.72. The van der Waals surface area contributed by atoms with Crippen LogP contribution in [0.3, 0.4) is 0 Å². The van der Waals surface area contributed by atoms with E-state index >= 15 is 0 Å². The molecule has 3 heterocycles. The molecule has 3 aromatic heterocycles. The van der Waals surface area contributed by atoms with E-state index in [2.05, 4.69) is 20.6 Å². The summed E-state index contributed by atoms with van der Waals surface area (Å²) in [5.74, 6) is -0.466. The molecule has 3 aromatic rings. The summed E-state index contributed by atoms with van der Waals surface area (Å²) in [5.41, 5.74) is 1.16. The van der Waals surface area contributed by atoms with E-state index in [-0.39, 0.29) is 24.6 Å². The lowest BCUT2D eigenvalue weighted by molar-refractivity contribution is 0.0853. The third-order valence-electron chi connectivity index (χ3n) is 3.72. The fourth-order valence-corrected chi connectivity index (χ4v) is 2.37. The van der Waals surface area contributed by atoms with Gasteiger partial charge in [-0.15, -0.1) is 5.10 Å². The topological polar surface area (TPSA) is 114 Å². The van der Waals surface area contributed by atoms with E-state index < -0.39 is 11.3 Å². The number of carbonyl (C=O) groups excluding carboxylic acids is 2. The summed E-state index contributed by atoms with van der Waals surface area (Å²) in [4.78, 5) is 28.9. The largest absolute Gasteiger partial charge is 0.394 e. The summed E-state index contributed by atoms with van der Waals surface area (Å²) in [7, 11) is 0. The van der Waals surface area contributed by atoms with Gasteiger partial charge in [0.2, 0.25) is 0 Å². The maximum atomic E-state index is 12.4. The smallest absolute Gasteiger partial charge is 0.277 e. The molecule has 9 heteroatoms. The molecule has 0 aliphatic rings. The number of hydrogen-bond donors (Lipinski definition) is 2. The number of nitrogens with zero attached hydrogens (tertiary/aromatic N) is 5. The van der Waals surface area contributed by atoms with Crippen molar-refractivity contribution in [1.82, 2.24) is 24.4 Å². The summed E-state index contributed by atoms with van der Waals surface area (Å²) >= 11 is 0. The highest BCUT2D eigenvalue weighted by Gasteiger charge is 2.25. The van der Waals surface area contributed by atoms with Crippen LogP contribution in [0.5, 0.6) is 0 Å². The van der Waals surface area contributed by atoms with Gasteiger partial charge < -0.3 is 14.8 Å². The van der Waals surface area contributed by atoms with Crippen molar-refractivity contribution in [2.75, 3.05) is 11.9 Å². The first-order valence-electron chi connectivity index (χ1n) is 8.14. The summed E-state index contributed by atoms with van der Waals surface area (Å²) in [5, 5.41) is 19.1. The van der Waals surface area contributed by atoms with Crippen molar-refractivity contribution >= 4 is 23.0 Å². The zero-order valence-corrected chi connectivity index (χ0v) is 14.8. The molecule has 136 valence electrons. The van der Waals surface area contributed by atoms with Crippen molar-refractivity contribution in [3.8, 4) is 0 Å². The Morgan fingerprint density at radius 3 is 2.62 bits per heavy atom. The van der Waals surface area contributed by atoms with Gasteiger partial charge in [0, 0.05) is 17.8 Å². The molecule has 9 nitrogen and oxygen atoms in total. The van der Waals surface area contributed by atoms with Gasteiger partial charge in [-0.05, 0) is 12.1 Å². The lowest BCUT2D eigenvalue weighted by Crippen LogP contribution is -2.20. The van der Waals surface area contributed by atoms with E-state index in [0.717, 1.165) is 0 Å². The SMILES string of the molecule is CC(C)(C)C(=O)c1cn2cc(NC(=O)c3cn(CCO)nn3)ccc2n1. The normalized spacial score (nSPS) is 11.7. The molecule has 3 rings (SSSR count). The average Bonchev–Trinajstić information content (AvgIpc) is 3.20. The minimum absolute atomic E-state index is 0.0488. The molecule has 0 radical (unpaired) electrons. The molecule has 0 bridgehead atoms. The van der Waals surface area contributed by atoms with E-state index in [9.17, 15) is 9.59 Å². The molecule has 0 fully saturated rings. The van der Waals surface area contributed by atoms with Crippen LogP contribution in [0.2, 0.25) is 0 Å². The van der Waals surface area contributed by atoms with Crippen molar-refractivity contribution in [2.45, 2.75) is 27.3 Å². The highest BCUT2D eigenvalue weighted by molar-refractivity contribution is 6.02. The first-order valence-corrected chi connectivity index (χ1v) is 8.14. The second-order valence-electron chi connectivity index (χ2n) is 6.93.